The molecule has 0 saturated heterocycles. The molecule has 2 aromatic heterocycles. The molecule has 98 valence electrons. The van der Waals surface area contributed by atoms with Crippen molar-refractivity contribution in [3.63, 3.8) is 0 Å². The number of nitrogens with two attached hydrogens (primary N) is 1. The van der Waals surface area contributed by atoms with E-state index in [2.05, 4.69) is 28.6 Å². The molecule has 6 heteroatoms. The van der Waals surface area contributed by atoms with Crippen LogP contribution in [0.15, 0.2) is 18.3 Å². The summed E-state index contributed by atoms with van der Waals surface area (Å²) in [5, 5.41) is 8.62. The largest absolute Gasteiger partial charge is 0.272 e. The van der Waals surface area contributed by atoms with Crippen LogP contribution in [0.2, 0.25) is 0 Å². The lowest BCUT2D eigenvalue weighted by Crippen LogP contribution is -2.31. The zero-order valence-electron chi connectivity index (χ0n) is 11.1. The number of hydrogen-bond acceptors (Lipinski definition) is 4. The van der Waals surface area contributed by atoms with Gasteiger partial charge in [-0.05, 0) is 18.6 Å². The van der Waals surface area contributed by atoms with E-state index in [1.165, 1.54) is 0 Å². The topological polar surface area (TPSA) is 73.7 Å². The van der Waals surface area contributed by atoms with E-state index >= 15 is 0 Å². The van der Waals surface area contributed by atoms with E-state index < -0.39 is 0 Å². The molecule has 2 rings (SSSR count). The standard InChI is InChI=1S/C12H20N6/c1-4-9-7-10(17(2)16-9)8-11(15-13)12-5-6-14-18(12)3/h5-7,11,15H,4,8,13H2,1-3H3. The van der Waals surface area contributed by atoms with Gasteiger partial charge in [0, 0.05) is 32.4 Å². The summed E-state index contributed by atoms with van der Waals surface area (Å²) in [5.74, 6) is 5.65. The summed E-state index contributed by atoms with van der Waals surface area (Å²) in [6.45, 7) is 2.10. The molecule has 2 aromatic rings. The molecule has 0 saturated carbocycles. The number of hydrazine groups is 1. The highest BCUT2D eigenvalue weighted by molar-refractivity contribution is 5.15. The molecule has 0 spiro atoms. The van der Waals surface area contributed by atoms with Crippen molar-refractivity contribution in [1.29, 1.82) is 0 Å². The summed E-state index contributed by atoms with van der Waals surface area (Å²) in [6, 6.07) is 4.14. The van der Waals surface area contributed by atoms with Gasteiger partial charge in [-0.1, -0.05) is 6.92 Å². The Labute approximate surface area is 107 Å². The van der Waals surface area contributed by atoms with Gasteiger partial charge in [0.2, 0.25) is 0 Å². The van der Waals surface area contributed by atoms with Crippen molar-refractivity contribution in [2.24, 2.45) is 19.9 Å². The zero-order valence-corrected chi connectivity index (χ0v) is 11.1. The fourth-order valence-electron chi connectivity index (χ4n) is 2.12. The number of nitrogens with zero attached hydrogens (tertiary/aromatic N) is 4. The Hall–Kier alpha value is -1.66. The normalized spacial score (nSPS) is 12.9. The third kappa shape index (κ3) is 2.44. The Morgan fingerprint density at radius 1 is 1.39 bits per heavy atom. The number of hydrogen-bond donors (Lipinski definition) is 2. The molecule has 0 aliphatic rings. The van der Waals surface area contributed by atoms with Crippen LogP contribution in [0.3, 0.4) is 0 Å². The van der Waals surface area contributed by atoms with Crippen LogP contribution in [0.25, 0.3) is 0 Å². The molecular weight excluding hydrogens is 228 g/mol. The van der Waals surface area contributed by atoms with Crippen molar-refractivity contribution in [3.8, 4) is 0 Å². The van der Waals surface area contributed by atoms with E-state index in [0.717, 1.165) is 29.9 Å². The molecule has 3 N–H and O–H groups in total. The Balaban J connectivity index is 2.20. The first-order valence-corrected chi connectivity index (χ1v) is 6.11. The van der Waals surface area contributed by atoms with Crippen molar-refractivity contribution in [2.75, 3.05) is 0 Å². The molecule has 18 heavy (non-hydrogen) atoms. The Morgan fingerprint density at radius 3 is 2.67 bits per heavy atom. The Morgan fingerprint density at radius 2 is 2.17 bits per heavy atom. The van der Waals surface area contributed by atoms with Gasteiger partial charge in [-0.3, -0.25) is 20.6 Å². The van der Waals surface area contributed by atoms with E-state index in [-0.39, 0.29) is 6.04 Å². The number of aryl methyl sites for hydroxylation is 3. The molecule has 0 radical (unpaired) electrons. The SMILES string of the molecule is CCc1cc(CC(NN)c2ccnn2C)n(C)n1. The predicted octanol–water partition coefficient (Wildman–Crippen LogP) is 0.463. The van der Waals surface area contributed by atoms with E-state index in [1.54, 1.807) is 6.20 Å². The van der Waals surface area contributed by atoms with Crippen LogP contribution in [0, 0.1) is 0 Å². The van der Waals surface area contributed by atoms with Crippen molar-refractivity contribution >= 4 is 0 Å². The monoisotopic (exact) mass is 248 g/mol. The maximum Gasteiger partial charge on any atom is 0.0684 e. The highest BCUT2D eigenvalue weighted by Gasteiger charge is 2.16. The van der Waals surface area contributed by atoms with Gasteiger partial charge in [0.15, 0.2) is 0 Å². The summed E-state index contributed by atoms with van der Waals surface area (Å²) in [6.07, 6.45) is 3.51. The molecule has 0 bridgehead atoms. The summed E-state index contributed by atoms with van der Waals surface area (Å²) in [7, 11) is 3.88. The number of rotatable bonds is 5. The Kier molecular flexibility index (Phi) is 3.78. The average molecular weight is 248 g/mol. The molecule has 0 fully saturated rings. The molecule has 0 amide bonds. The lowest BCUT2D eigenvalue weighted by Gasteiger charge is -2.16. The molecule has 1 atom stereocenters. The Bertz CT molecular complexity index is 512. The molecule has 6 nitrogen and oxygen atoms in total. The van der Waals surface area contributed by atoms with Crippen LogP contribution in [-0.2, 0) is 26.9 Å². The maximum absolute atomic E-state index is 5.65. The molecular formula is C12H20N6. The van der Waals surface area contributed by atoms with Gasteiger partial charge in [-0.15, -0.1) is 0 Å². The van der Waals surface area contributed by atoms with Crippen LogP contribution in [0.1, 0.15) is 30.0 Å². The van der Waals surface area contributed by atoms with Crippen LogP contribution in [0.5, 0.6) is 0 Å². The average Bonchev–Trinajstić information content (AvgIpc) is 2.93. The molecule has 0 aliphatic heterocycles. The van der Waals surface area contributed by atoms with Crippen LogP contribution >= 0.6 is 0 Å². The van der Waals surface area contributed by atoms with Gasteiger partial charge in [-0.2, -0.15) is 10.2 Å². The smallest absolute Gasteiger partial charge is 0.0684 e. The van der Waals surface area contributed by atoms with Crippen molar-refractivity contribution in [3.05, 3.63) is 35.4 Å². The second kappa shape index (κ2) is 5.32. The molecule has 0 aliphatic carbocycles. The van der Waals surface area contributed by atoms with Gasteiger partial charge >= 0.3 is 0 Å². The quantitative estimate of drug-likeness (QED) is 0.595. The van der Waals surface area contributed by atoms with Crippen molar-refractivity contribution in [1.82, 2.24) is 25.0 Å². The second-order valence-electron chi connectivity index (χ2n) is 4.41. The van der Waals surface area contributed by atoms with Gasteiger partial charge in [0.05, 0.1) is 17.4 Å². The number of nitrogens with one attached hydrogen (secondary N) is 1. The summed E-state index contributed by atoms with van der Waals surface area (Å²) in [4.78, 5) is 0. The first-order chi connectivity index (χ1) is 8.65. The van der Waals surface area contributed by atoms with E-state index in [1.807, 2.05) is 29.5 Å². The zero-order chi connectivity index (χ0) is 13.1. The lowest BCUT2D eigenvalue weighted by atomic mass is 10.1. The van der Waals surface area contributed by atoms with E-state index in [4.69, 9.17) is 5.84 Å². The highest BCUT2D eigenvalue weighted by atomic mass is 15.3. The molecule has 2 heterocycles. The first-order valence-electron chi connectivity index (χ1n) is 6.11. The van der Waals surface area contributed by atoms with Gasteiger partial charge in [0.25, 0.3) is 0 Å². The minimum Gasteiger partial charge on any atom is -0.272 e. The fraction of sp³-hybridized carbons (Fsp3) is 0.500. The van der Waals surface area contributed by atoms with E-state index in [9.17, 15) is 0 Å². The van der Waals surface area contributed by atoms with Crippen molar-refractivity contribution in [2.45, 2.75) is 25.8 Å². The van der Waals surface area contributed by atoms with Crippen molar-refractivity contribution < 1.29 is 0 Å². The van der Waals surface area contributed by atoms with Crippen LogP contribution in [-0.4, -0.2) is 19.6 Å². The number of aromatic nitrogens is 4. The van der Waals surface area contributed by atoms with Crippen LogP contribution in [0.4, 0.5) is 0 Å². The third-order valence-electron chi connectivity index (χ3n) is 3.22. The summed E-state index contributed by atoms with van der Waals surface area (Å²) < 4.78 is 3.75. The third-order valence-corrected chi connectivity index (χ3v) is 3.22. The van der Waals surface area contributed by atoms with E-state index in [0.29, 0.717) is 0 Å². The van der Waals surface area contributed by atoms with Gasteiger partial charge in [-0.25, -0.2) is 0 Å². The predicted molar refractivity (Wildman–Crippen MR) is 69.6 cm³/mol. The highest BCUT2D eigenvalue weighted by Crippen LogP contribution is 2.17. The molecule has 0 aromatic carbocycles. The summed E-state index contributed by atoms with van der Waals surface area (Å²) >= 11 is 0. The minimum absolute atomic E-state index is 0.0395. The van der Waals surface area contributed by atoms with Gasteiger partial charge in [0.1, 0.15) is 0 Å². The van der Waals surface area contributed by atoms with Gasteiger partial charge < -0.3 is 0 Å². The lowest BCUT2D eigenvalue weighted by molar-refractivity contribution is 0.493. The molecule has 1 unspecified atom stereocenters. The van der Waals surface area contributed by atoms with Crippen LogP contribution < -0.4 is 11.3 Å². The maximum atomic E-state index is 5.65. The summed E-state index contributed by atoms with van der Waals surface area (Å²) in [5.41, 5.74) is 6.18. The minimum atomic E-state index is 0.0395. The fourth-order valence-corrected chi connectivity index (χ4v) is 2.12. The first kappa shape index (κ1) is 12.8. The second-order valence-corrected chi connectivity index (χ2v) is 4.41.